The van der Waals surface area contributed by atoms with Crippen LogP contribution in [-0.4, -0.2) is 113 Å². The summed E-state index contributed by atoms with van der Waals surface area (Å²) in [4.78, 5) is 71.0. The van der Waals surface area contributed by atoms with E-state index >= 15 is 0 Å². The summed E-state index contributed by atoms with van der Waals surface area (Å²) >= 11 is 0. The van der Waals surface area contributed by atoms with Crippen molar-refractivity contribution in [3.63, 3.8) is 0 Å². The Morgan fingerprint density at radius 3 is 2.57 bits per heavy atom. The number of carbonyl (C=O) groups is 4. The maximum Gasteiger partial charge on any atom is 0.407 e. The molecule has 0 spiro atoms. The number of rotatable bonds is 14. The quantitative estimate of drug-likeness (QED) is 0.0753. The van der Waals surface area contributed by atoms with Crippen molar-refractivity contribution in [2.24, 2.45) is 17.8 Å². The first-order valence-corrected chi connectivity index (χ1v) is 21.5. The second kappa shape index (κ2) is 17.6. The SMILES string of the molecule is CC[C@@H](C)[C@H](NC(=O)O)C(=O)N1C[C@@H](C)C[C@H]1c1ncc(-c2ccc3c(c2)COc2cc4c(ccc5nc([C@]6(C(=O)[C@@H](NC(=O)OC)[C@H](C)OC)C[C@H](COC)CN6)[nH]c54)cc2-3)[nH]1. The highest BCUT2D eigenvalue weighted by atomic mass is 16.5. The summed E-state index contributed by atoms with van der Waals surface area (Å²) in [5.41, 5.74) is 4.83. The van der Waals surface area contributed by atoms with Crippen LogP contribution in [0.15, 0.2) is 48.7 Å². The number of carbonyl (C=O) groups excluding carboxylic acids is 3. The Labute approximate surface area is 365 Å². The number of methoxy groups -OCH3 is 3. The molecule has 0 saturated carbocycles. The Morgan fingerprint density at radius 2 is 1.84 bits per heavy atom. The summed E-state index contributed by atoms with van der Waals surface area (Å²) in [6.45, 7) is 9.42. The summed E-state index contributed by atoms with van der Waals surface area (Å²) in [6.07, 6.45) is 0.905. The number of ketones is 1. The average Bonchev–Trinajstić information content (AvgIpc) is 4.12. The number of aromatic nitrogens is 4. The zero-order valence-electron chi connectivity index (χ0n) is 36.7. The summed E-state index contributed by atoms with van der Waals surface area (Å²) in [5.74, 6) is 1.32. The molecule has 334 valence electrons. The number of hydrogen-bond donors (Lipinski definition) is 6. The van der Waals surface area contributed by atoms with Crippen LogP contribution in [0.2, 0.25) is 0 Å². The lowest BCUT2D eigenvalue weighted by molar-refractivity contribution is -0.136. The highest BCUT2D eigenvalue weighted by molar-refractivity contribution is 6.07. The Hall–Kier alpha value is -6.04. The number of nitrogens with zero attached hydrogens (tertiary/aromatic N) is 3. The number of Topliss-reactive ketones (excluding diaryl/α,β-unsaturated/α-hetero) is 1. The van der Waals surface area contributed by atoms with Crippen LogP contribution in [0.4, 0.5) is 9.59 Å². The van der Waals surface area contributed by atoms with Crippen molar-refractivity contribution < 1.29 is 43.2 Å². The number of imidazole rings is 2. The van der Waals surface area contributed by atoms with Gasteiger partial charge in [-0.2, -0.15) is 0 Å². The van der Waals surface area contributed by atoms with Crippen molar-refractivity contribution in [3.8, 4) is 28.1 Å². The van der Waals surface area contributed by atoms with Gasteiger partial charge < -0.3 is 49.6 Å². The van der Waals surface area contributed by atoms with Crippen LogP contribution in [-0.2, 0) is 35.9 Å². The molecule has 3 aromatic carbocycles. The fourth-order valence-electron chi connectivity index (χ4n) is 9.58. The molecule has 8 atom stereocenters. The first-order valence-electron chi connectivity index (χ1n) is 21.5. The van der Waals surface area contributed by atoms with Crippen LogP contribution in [0.25, 0.3) is 44.2 Å². The van der Waals surface area contributed by atoms with E-state index in [-0.39, 0.29) is 35.5 Å². The van der Waals surface area contributed by atoms with Crippen LogP contribution in [0.1, 0.15) is 70.2 Å². The van der Waals surface area contributed by atoms with Crippen LogP contribution in [0.3, 0.4) is 0 Å². The van der Waals surface area contributed by atoms with Gasteiger partial charge in [0.15, 0.2) is 5.78 Å². The standard InChI is InChI=1S/C46H56N8O9/c1-8-24(3)37(52-44(57)58)42(56)54-20-23(2)13-35(54)41-47-19-34(49-41)28-9-11-30-29(14-28)22-63-36-16-31-27(15-32(30)36)10-12-33-39(31)51-43(50-33)46(17-26(18-48-46)21-60-5)40(55)38(25(4)61-6)53-45(59)62-7/h9-12,14-16,19,23-26,35,37-38,48,52H,8,13,17-18,20-22H2,1-7H3,(H,47,49)(H,50,51)(H,53,59)(H,57,58)/t23-,24+,25-,26-,35-,37-,38-,46+/m0/s1. The number of amides is 3. The molecule has 8 rings (SSSR count). The number of alkyl carbamates (subject to hydrolysis) is 1. The predicted molar refractivity (Wildman–Crippen MR) is 234 cm³/mol. The minimum absolute atomic E-state index is 0.00564. The van der Waals surface area contributed by atoms with Crippen LogP contribution in [0, 0.1) is 17.8 Å². The van der Waals surface area contributed by atoms with Gasteiger partial charge in [-0.3, -0.25) is 14.9 Å². The lowest BCUT2D eigenvalue weighted by Gasteiger charge is -2.32. The van der Waals surface area contributed by atoms with Gasteiger partial charge >= 0.3 is 12.2 Å². The lowest BCUT2D eigenvalue weighted by Crippen LogP contribution is -2.59. The third-order valence-corrected chi connectivity index (χ3v) is 13.2. The monoisotopic (exact) mass is 864 g/mol. The predicted octanol–water partition coefficient (Wildman–Crippen LogP) is 6.04. The lowest BCUT2D eigenvalue weighted by atomic mass is 9.83. The molecule has 3 amide bonds. The van der Waals surface area contributed by atoms with E-state index in [1.807, 2.05) is 38.1 Å². The number of fused-ring (bicyclic) bond motifs is 6. The molecule has 3 aliphatic heterocycles. The third kappa shape index (κ3) is 8.09. The molecule has 17 nitrogen and oxygen atoms in total. The minimum atomic E-state index is -1.29. The van der Waals surface area contributed by atoms with Gasteiger partial charge in [-0.25, -0.2) is 19.6 Å². The Bertz CT molecular complexity index is 2560. The van der Waals surface area contributed by atoms with E-state index in [4.69, 9.17) is 28.9 Å². The maximum absolute atomic E-state index is 14.7. The second-order valence-electron chi connectivity index (χ2n) is 17.3. The van der Waals surface area contributed by atoms with Crippen LogP contribution < -0.4 is 20.7 Å². The fraction of sp³-hybridized carbons (Fsp3) is 0.478. The van der Waals surface area contributed by atoms with Gasteiger partial charge in [0.05, 0.1) is 48.8 Å². The van der Waals surface area contributed by atoms with Gasteiger partial charge in [-0.1, -0.05) is 45.4 Å². The maximum atomic E-state index is 14.7. The van der Waals surface area contributed by atoms with E-state index < -0.39 is 35.9 Å². The number of H-pyrrole nitrogens is 2. The molecule has 2 aromatic heterocycles. The Balaban J connectivity index is 1.09. The topological polar surface area (TPSA) is 222 Å². The van der Waals surface area contributed by atoms with Gasteiger partial charge in [0, 0.05) is 38.3 Å². The molecule has 2 fully saturated rings. The van der Waals surface area contributed by atoms with Gasteiger partial charge in [0.1, 0.15) is 41.6 Å². The third-order valence-electron chi connectivity index (χ3n) is 13.2. The normalized spacial score (nSPS) is 22.5. The van der Waals surface area contributed by atoms with Crippen LogP contribution >= 0.6 is 0 Å². The number of nitrogens with one attached hydrogen (secondary N) is 5. The van der Waals surface area contributed by atoms with Crippen molar-refractivity contribution >= 4 is 45.7 Å². The first kappa shape index (κ1) is 43.6. The Kier molecular flexibility index (Phi) is 12.2. The van der Waals surface area contributed by atoms with Gasteiger partial charge in [-0.15, -0.1) is 0 Å². The molecular formula is C46H56N8O9. The van der Waals surface area contributed by atoms with Crippen molar-refractivity contribution in [2.75, 3.05) is 41.0 Å². The van der Waals surface area contributed by atoms with Gasteiger partial charge in [-0.05, 0) is 83.9 Å². The van der Waals surface area contributed by atoms with E-state index in [2.05, 4.69) is 51.0 Å². The molecule has 0 unspecified atom stereocenters. The first-order chi connectivity index (χ1) is 30.3. The van der Waals surface area contributed by atoms with Crippen molar-refractivity contribution in [1.82, 2.24) is 40.8 Å². The average molecular weight is 865 g/mol. The summed E-state index contributed by atoms with van der Waals surface area (Å²) in [6, 6.07) is 12.1. The zero-order chi connectivity index (χ0) is 44.7. The highest BCUT2D eigenvalue weighted by Gasteiger charge is 2.52. The smallest absolute Gasteiger partial charge is 0.407 e. The molecule has 5 heterocycles. The minimum Gasteiger partial charge on any atom is -0.488 e. The van der Waals surface area contributed by atoms with E-state index in [9.17, 15) is 24.3 Å². The number of benzene rings is 3. The Morgan fingerprint density at radius 1 is 1.03 bits per heavy atom. The summed E-state index contributed by atoms with van der Waals surface area (Å²) in [7, 11) is 4.37. The van der Waals surface area contributed by atoms with E-state index in [1.54, 1.807) is 25.1 Å². The van der Waals surface area contributed by atoms with Crippen molar-refractivity contribution in [3.05, 3.63) is 65.9 Å². The highest BCUT2D eigenvalue weighted by Crippen LogP contribution is 2.44. The molecule has 5 aromatic rings. The molecule has 63 heavy (non-hydrogen) atoms. The van der Waals surface area contributed by atoms with Gasteiger partial charge in [0.25, 0.3) is 0 Å². The van der Waals surface area contributed by atoms with Crippen molar-refractivity contribution in [2.45, 2.75) is 83.3 Å². The van der Waals surface area contributed by atoms with Gasteiger partial charge in [0.2, 0.25) is 5.91 Å². The summed E-state index contributed by atoms with van der Waals surface area (Å²) < 4.78 is 22.3. The molecule has 2 saturated heterocycles. The number of ether oxygens (including phenoxy) is 4. The largest absolute Gasteiger partial charge is 0.488 e. The molecule has 0 radical (unpaired) electrons. The van der Waals surface area contributed by atoms with E-state index in [1.165, 1.54) is 14.2 Å². The molecule has 17 heteroatoms. The molecule has 0 aliphatic carbocycles. The summed E-state index contributed by atoms with van der Waals surface area (Å²) in [5, 5.41) is 19.9. The fourth-order valence-corrected chi connectivity index (χ4v) is 9.58. The molecular weight excluding hydrogens is 809 g/mol. The number of likely N-dealkylation sites (tertiary alicyclic amines) is 1. The van der Waals surface area contributed by atoms with Crippen LogP contribution in [0.5, 0.6) is 5.75 Å². The van der Waals surface area contributed by atoms with Crippen molar-refractivity contribution in [1.29, 1.82) is 0 Å². The molecule has 3 aliphatic rings. The number of carboxylic acid groups (broad SMARTS) is 1. The van der Waals surface area contributed by atoms with E-state index in [0.717, 1.165) is 44.2 Å². The number of hydrogen-bond acceptors (Lipinski definition) is 11. The zero-order valence-corrected chi connectivity index (χ0v) is 36.7. The molecule has 6 N–H and O–H groups in total. The number of aromatic amines is 2. The second-order valence-corrected chi connectivity index (χ2v) is 17.3. The molecule has 0 bridgehead atoms. The van der Waals surface area contributed by atoms with E-state index in [0.29, 0.717) is 68.5 Å².